The summed E-state index contributed by atoms with van der Waals surface area (Å²) in [5.74, 6) is 6.41. The lowest BCUT2D eigenvalue weighted by Crippen LogP contribution is -2.37. The van der Waals surface area contributed by atoms with Gasteiger partial charge in [0.2, 0.25) is 0 Å². The van der Waals surface area contributed by atoms with Crippen LogP contribution in [0.3, 0.4) is 0 Å². The van der Waals surface area contributed by atoms with Crippen LogP contribution in [0, 0.1) is 26.7 Å². The lowest BCUT2D eigenvalue weighted by atomic mass is 9.95. The first-order valence-corrected chi connectivity index (χ1v) is 12.9. The molecule has 1 saturated heterocycles. The molecule has 0 spiro atoms. The summed E-state index contributed by atoms with van der Waals surface area (Å²) in [7, 11) is 2.01. The molecule has 2 aromatic heterocycles. The zero-order valence-corrected chi connectivity index (χ0v) is 22.4. The van der Waals surface area contributed by atoms with Crippen molar-refractivity contribution in [1.82, 2.24) is 19.9 Å². The van der Waals surface area contributed by atoms with E-state index in [2.05, 4.69) is 53.1 Å². The van der Waals surface area contributed by atoms with E-state index in [0.717, 1.165) is 64.9 Å². The van der Waals surface area contributed by atoms with Crippen LogP contribution in [0.15, 0.2) is 29.2 Å². The van der Waals surface area contributed by atoms with E-state index in [4.69, 9.17) is 5.84 Å². The number of pyridine rings is 1. The zero-order valence-electron chi connectivity index (χ0n) is 22.4. The molecule has 1 aliphatic rings. The van der Waals surface area contributed by atoms with Crippen LogP contribution in [-0.4, -0.2) is 41.8 Å². The third kappa shape index (κ3) is 4.87. The summed E-state index contributed by atoms with van der Waals surface area (Å²) < 4.78 is 3.38. The maximum atomic E-state index is 13.6. The Morgan fingerprint density at radius 3 is 2.44 bits per heavy atom. The highest BCUT2D eigenvalue weighted by molar-refractivity contribution is 6.09. The highest BCUT2D eigenvalue weighted by Gasteiger charge is 2.23. The monoisotopic (exact) mass is 492 g/mol. The number of aryl methyl sites for hydroxylation is 3. The van der Waals surface area contributed by atoms with Gasteiger partial charge in [0.15, 0.2) is 0 Å². The average molecular weight is 493 g/mol. The molecule has 1 amide bonds. The summed E-state index contributed by atoms with van der Waals surface area (Å²) in [5, 5.41) is 7.27. The number of benzene rings is 1. The molecular formula is C28H40N6O2. The predicted molar refractivity (Wildman–Crippen MR) is 147 cm³/mol. The van der Waals surface area contributed by atoms with E-state index in [9.17, 15) is 9.59 Å². The van der Waals surface area contributed by atoms with Crippen molar-refractivity contribution in [2.45, 2.75) is 60.0 Å². The minimum atomic E-state index is -0.279. The molecule has 0 radical (unpaired) electrons. The Hall–Kier alpha value is -3.26. The molecule has 0 unspecified atom stereocenters. The molecule has 1 aliphatic heterocycles. The van der Waals surface area contributed by atoms with Crippen molar-refractivity contribution in [1.29, 1.82) is 0 Å². The van der Waals surface area contributed by atoms with Crippen LogP contribution in [0.4, 0.5) is 5.69 Å². The molecule has 4 N–H and O–H groups in total. The SMILES string of the molecule is CNCC1CCN(c2cc(C(=O)NCc3c(C)cc(C)n(N)c3=O)c3c(C)cn(C(C)C)c3c2)CC1. The zero-order chi connectivity index (χ0) is 26.1. The number of anilines is 1. The molecule has 36 heavy (non-hydrogen) atoms. The van der Waals surface area contributed by atoms with Gasteiger partial charge in [-0.05, 0) is 96.3 Å². The van der Waals surface area contributed by atoms with E-state index in [1.807, 2.05) is 26.1 Å². The lowest BCUT2D eigenvalue weighted by molar-refractivity contribution is 0.0952. The lowest BCUT2D eigenvalue weighted by Gasteiger charge is -2.34. The smallest absolute Gasteiger partial charge is 0.274 e. The Labute approximate surface area is 213 Å². The third-order valence-electron chi connectivity index (χ3n) is 7.57. The van der Waals surface area contributed by atoms with E-state index in [-0.39, 0.29) is 24.1 Å². The first-order valence-electron chi connectivity index (χ1n) is 12.9. The molecule has 0 aliphatic carbocycles. The first kappa shape index (κ1) is 25.8. The standard InChI is InChI=1S/C28H40N6O2/c1-17(2)33-16-19(4)26-23(27(35)31-15-24-18(3)11-20(5)34(29)28(24)36)12-22(13-25(26)33)32-9-7-21(8-10-32)14-30-6/h11-13,16-17,21,30H,7-10,14-15,29H2,1-6H3,(H,31,35). The number of rotatable bonds is 7. The van der Waals surface area contributed by atoms with Crippen LogP contribution in [0.25, 0.3) is 10.9 Å². The van der Waals surface area contributed by atoms with Crippen molar-refractivity contribution in [2.75, 3.05) is 37.4 Å². The van der Waals surface area contributed by atoms with Gasteiger partial charge < -0.3 is 25.9 Å². The number of carbonyl (C=O) groups is 1. The summed E-state index contributed by atoms with van der Waals surface area (Å²) in [4.78, 5) is 28.7. The molecule has 0 saturated carbocycles. The molecule has 194 valence electrons. The summed E-state index contributed by atoms with van der Waals surface area (Å²) in [6.45, 7) is 13.2. The second-order valence-corrected chi connectivity index (χ2v) is 10.5. The number of hydrogen-bond acceptors (Lipinski definition) is 5. The largest absolute Gasteiger partial charge is 0.371 e. The predicted octanol–water partition coefficient (Wildman–Crippen LogP) is 3.39. The fraction of sp³-hybridized carbons (Fsp3) is 0.500. The highest BCUT2D eigenvalue weighted by Crippen LogP contribution is 2.33. The minimum Gasteiger partial charge on any atom is -0.371 e. The van der Waals surface area contributed by atoms with Gasteiger partial charge in [-0.25, -0.2) is 4.68 Å². The number of nitrogen functional groups attached to an aromatic ring is 1. The molecule has 3 heterocycles. The van der Waals surface area contributed by atoms with E-state index >= 15 is 0 Å². The Bertz CT molecular complexity index is 1330. The van der Waals surface area contributed by atoms with Crippen LogP contribution in [0.2, 0.25) is 0 Å². The Balaban J connectivity index is 1.70. The molecule has 8 heteroatoms. The number of amides is 1. The number of hydrogen-bond donors (Lipinski definition) is 3. The van der Waals surface area contributed by atoms with Gasteiger partial charge in [-0.2, -0.15) is 0 Å². The summed E-state index contributed by atoms with van der Waals surface area (Å²) in [6, 6.07) is 6.39. The number of nitrogens with two attached hydrogens (primary N) is 1. The third-order valence-corrected chi connectivity index (χ3v) is 7.57. The van der Waals surface area contributed by atoms with E-state index in [1.165, 1.54) is 0 Å². The second kappa shape index (κ2) is 10.4. The Kier molecular flexibility index (Phi) is 7.45. The summed E-state index contributed by atoms with van der Waals surface area (Å²) >= 11 is 0. The molecule has 3 aromatic rings. The first-order chi connectivity index (χ1) is 17.1. The molecule has 8 nitrogen and oxygen atoms in total. The highest BCUT2D eigenvalue weighted by atomic mass is 16.2. The molecule has 0 atom stereocenters. The van der Waals surface area contributed by atoms with Gasteiger partial charge in [0, 0.05) is 54.2 Å². The van der Waals surface area contributed by atoms with E-state index in [1.54, 1.807) is 6.92 Å². The Morgan fingerprint density at radius 1 is 1.11 bits per heavy atom. The normalized spacial score (nSPS) is 14.7. The van der Waals surface area contributed by atoms with Gasteiger partial charge in [0.1, 0.15) is 0 Å². The fourth-order valence-corrected chi connectivity index (χ4v) is 5.47. The van der Waals surface area contributed by atoms with E-state index in [0.29, 0.717) is 22.7 Å². The number of nitrogens with one attached hydrogen (secondary N) is 2. The van der Waals surface area contributed by atoms with E-state index < -0.39 is 0 Å². The second-order valence-electron chi connectivity index (χ2n) is 10.5. The van der Waals surface area contributed by atoms with Gasteiger partial charge in [0.05, 0.1) is 11.1 Å². The average Bonchev–Trinajstić information content (AvgIpc) is 3.19. The Morgan fingerprint density at radius 2 is 1.81 bits per heavy atom. The molecule has 1 aromatic carbocycles. The van der Waals surface area contributed by atoms with Crippen molar-refractivity contribution in [3.63, 3.8) is 0 Å². The van der Waals surface area contributed by atoms with Gasteiger partial charge in [-0.15, -0.1) is 0 Å². The minimum absolute atomic E-state index is 0.131. The topological polar surface area (TPSA) is 97.3 Å². The summed E-state index contributed by atoms with van der Waals surface area (Å²) in [5.41, 5.74) is 5.60. The van der Waals surface area contributed by atoms with Crippen LogP contribution in [-0.2, 0) is 6.54 Å². The van der Waals surface area contributed by atoms with Crippen LogP contribution < -0.4 is 26.9 Å². The van der Waals surface area contributed by atoms with Crippen molar-refractivity contribution >= 4 is 22.5 Å². The van der Waals surface area contributed by atoms with Crippen LogP contribution in [0.5, 0.6) is 0 Å². The fourth-order valence-electron chi connectivity index (χ4n) is 5.47. The van der Waals surface area contributed by atoms with Gasteiger partial charge in [0.25, 0.3) is 11.5 Å². The molecular weight excluding hydrogens is 452 g/mol. The summed E-state index contributed by atoms with van der Waals surface area (Å²) in [6.07, 6.45) is 4.39. The maximum Gasteiger partial charge on any atom is 0.274 e. The number of fused-ring (bicyclic) bond motifs is 1. The number of carbonyl (C=O) groups excluding carboxylic acids is 1. The van der Waals surface area contributed by atoms with Gasteiger partial charge in [-0.3, -0.25) is 9.59 Å². The number of nitrogens with zero attached hydrogens (tertiary/aromatic N) is 3. The quantitative estimate of drug-likeness (QED) is 0.439. The van der Waals surface area contributed by atoms with Crippen molar-refractivity contribution in [2.24, 2.45) is 5.92 Å². The maximum absolute atomic E-state index is 13.6. The van der Waals surface area contributed by atoms with Gasteiger partial charge in [-0.1, -0.05) is 0 Å². The van der Waals surface area contributed by atoms with Crippen LogP contribution >= 0.6 is 0 Å². The van der Waals surface area contributed by atoms with Crippen molar-refractivity contribution in [3.05, 3.63) is 62.7 Å². The molecule has 1 fully saturated rings. The molecule has 0 bridgehead atoms. The molecule has 4 rings (SSSR count). The number of aromatic nitrogens is 2. The number of piperidine rings is 1. The van der Waals surface area contributed by atoms with Crippen molar-refractivity contribution in [3.8, 4) is 0 Å². The van der Waals surface area contributed by atoms with Crippen molar-refractivity contribution < 1.29 is 4.79 Å². The van der Waals surface area contributed by atoms with Crippen LogP contribution in [0.1, 0.15) is 65.5 Å². The van der Waals surface area contributed by atoms with Gasteiger partial charge >= 0.3 is 0 Å².